The normalized spacial score (nSPS) is 16.3. The summed E-state index contributed by atoms with van der Waals surface area (Å²) in [6.45, 7) is 0. The third-order valence-corrected chi connectivity index (χ3v) is 3.81. The number of ether oxygens (including phenoxy) is 1. The molecule has 0 bridgehead atoms. The highest BCUT2D eigenvalue weighted by Gasteiger charge is 2.31. The van der Waals surface area contributed by atoms with E-state index in [1.165, 1.54) is 18.2 Å². The van der Waals surface area contributed by atoms with E-state index in [2.05, 4.69) is 20.7 Å². The first-order chi connectivity index (χ1) is 13.2. The molecule has 2 aromatic carbocycles. The third-order valence-electron chi connectivity index (χ3n) is 3.81. The maximum Gasteiger partial charge on any atom is 0.573 e. The van der Waals surface area contributed by atoms with E-state index in [0.29, 0.717) is 5.69 Å². The number of nitrogens with one attached hydrogen (secondary N) is 3. The van der Waals surface area contributed by atoms with Gasteiger partial charge in [-0.05, 0) is 36.4 Å². The minimum atomic E-state index is -4.81. The zero-order valence-electron chi connectivity index (χ0n) is 14.2. The third kappa shape index (κ3) is 4.78. The molecule has 146 valence electrons. The molecule has 0 aliphatic carbocycles. The average molecular weight is 393 g/mol. The number of hydrogen-bond acceptors (Lipinski definition) is 4. The second kappa shape index (κ2) is 7.59. The molecule has 28 heavy (non-hydrogen) atoms. The highest BCUT2D eigenvalue weighted by Crippen LogP contribution is 2.24. The van der Waals surface area contributed by atoms with Crippen molar-refractivity contribution in [2.45, 2.75) is 18.8 Å². The van der Waals surface area contributed by atoms with Gasteiger partial charge in [-0.25, -0.2) is 0 Å². The van der Waals surface area contributed by atoms with Crippen LogP contribution in [0.2, 0.25) is 0 Å². The van der Waals surface area contributed by atoms with Gasteiger partial charge in [-0.2, -0.15) is 0 Å². The molecule has 2 aromatic rings. The van der Waals surface area contributed by atoms with E-state index < -0.39 is 35.9 Å². The first-order valence-corrected chi connectivity index (χ1v) is 8.08. The van der Waals surface area contributed by atoms with Crippen LogP contribution in [0.1, 0.15) is 16.8 Å². The summed E-state index contributed by atoms with van der Waals surface area (Å²) in [5.74, 6) is -2.09. The second-order valence-electron chi connectivity index (χ2n) is 5.89. The number of halogens is 3. The number of carbonyl (C=O) groups is 3. The predicted molar refractivity (Wildman–Crippen MR) is 92.7 cm³/mol. The van der Waals surface area contributed by atoms with Crippen LogP contribution < -0.4 is 20.7 Å². The van der Waals surface area contributed by atoms with Gasteiger partial charge in [-0.1, -0.05) is 12.1 Å². The van der Waals surface area contributed by atoms with Crippen molar-refractivity contribution in [3.05, 3.63) is 54.1 Å². The number of para-hydroxylation sites is 1. The lowest BCUT2D eigenvalue weighted by Gasteiger charge is -2.14. The van der Waals surface area contributed by atoms with E-state index >= 15 is 0 Å². The summed E-state index contributed by atoms with van der Waals surface area (Å²) in [4.78, 5) is 36.6. The predicted octanol–water partition coefficient (Wildman–Crippen LogP) is 2.66. The molecule has 0 saturated heterocycles. The fourth-order valence-electron chi connectivity index (χ4n) is 2.59. The van der Waals surface area contributed by atoms with Crippen molar-refractivity contribution in [2.75, 3.05) is 10.6 Å². The van der Waals surface area contributed by atoms with Gasteiger partial charge in [-0.3, -0.25) is 14.4 Å². The van der Waals surface area contributed by atoms with Gasteiger partial charge in [0.25, 0.3) is 5.91 Å². The lowest BCUT2D eigenvalue weighted by molar-refractivity contribution is -0.274. The van der Waals surface area contributed by atoms with Gasteiger partial charge >= 0.3 is 6.36 Å². The van der Waals surface area contributed by atoms with Crippen molar-refractivity contribution in [3.63, 3.8) is 0 Å². The Morgan fingerprint density at radius 3 is 2.43 bits per heavy atom. The van der Waals surface area contributed by atoms with Crippen LogP contribution in [0.15, 0.2) is 48.5 Å². The van der Waals surface area contributed by atoms with Crippen molar-refractivity contribution < 1.29 is 32.3 Å². The van der Waals surface area contributed by atoms with Gasteiger partial charge in [0.15, 0.2) is 0 Å². The van der Waals surface area contributed by atoms with Crippen LogP contribution in [0.3, 0.4) is 0 Å². The van der Waals surface area contributed by atoms with E-state index in [-0.39, 0.29) is 17.7 Å². The van der Waals surface area contributed by atoms with Crippen molar-refractivity contribution in [3.8, 4) is 5.75 Å². The number of carbonyl (C=O) groups excluding carboxylic acids is 3. The quantitative estimate of drug-likeness (QED) is 0.744. The molecule has 0 spiro atoms. The van der Waals surface area contributed by atoms with Gasteiger partial charge in [0.2, 0.25) is 11.8 Å². The summed E-state index contributed by atoms with van der Waals surface area (Å²) in [6.07, 6.45) is -5.17. The molecule has 3 amide bonds. The second-order valence-corrected chi connectivity index (χ2v) is 5.89. The zero-order valence-corrected chi connectivity index (χ0v) is 14.2. The fraction of sp³-hybridized carbons (Fsp3) is 0.167. The minimum Gasteiger partial charge on any atom is -0.406 e. The van der Waals surface area contributed by atoms with Crippen molar-refractivity contribution in [2.24, 2.45) is 0 Å². The van der Waals surface area contributed by atoms with E-state index in [1.807, 2.05) is 0 Å². The van der Waals surface area contributed by atoms with E-state index in [9.17, 15) is 27.6 Å². The Bertz CT molecular complexity index is 913. The highest BCUT2D eigenvalue weighted by atomic mass is 19.4. The zero-order chi connectivity index (χ0) is 20.3. The molecule has 7 nitrogen and oxygen atoms in total. The average Bonchev–Trinajstić information content (AvgIpc) is 2.72. The Morgan fingerprint density at radius 2 is 1.75 bits per heavy atom. The molecule has 10 heteroatoms. The summed E-state index contributed by atoms with van der Waals surface area (Å²) in [5, 5.41) is 7.50. The van der Waals surface area contributed by atoms with Crippen LogP contribution in [0.4, 0.5) is 24.5 Å². The van der Waals surface area contributed by atoms with Gasteiger partial charge in [-0.15, -0.1) is 13.2 Å². The van der Waals surface area contributed by atoms with Crippen LogP contribution in [0, 0.1) is 0 Å². The van der Waals surface area contributed by atoms with Crippen LogP contribution in [0.25, 0.3) is 0 Å². The van der Waals surface area contributed by atoms with Crippen molar-refractivity contribution in [1.29, 1.82) is 0 Å². The Morgan fingerprint density at radius 1 is 1.07 bits per heavy atom. The number of anilines is 2. The smallest absolute Gasteiger partial charge is 0.406 e. The summed E-state index contributed by atoms with van der Waals surface area (Å²) < 4.78 is 40.2. The van der Waals surface area contributed by atoms with Crippen LogP contribution in [-0.2, 0) is 9.59 Å². The Hall–Kier alpha value is -3.56. The number of benzene rings is 2. The van der Waals surface area contributed by atoms with Crippen molar-refractivity contribution >= 4 is 29.1 Å². The Balaban J connectivity index is 1.62. The van der Waals surface area contributed by atoms with Gasteiger partial charge in [0.1, 0.15) is 11.8 Å². The standard InChI is InChI=1S/C18H14F3N3O4/c19-18(20,21)28-11-7-5-10(6-8-11)22-15(25)9-14-17(27)23-13-4-2-1-3-12(13)16(26)24-14/h1-8,14H,9H2,(H,22,25)(H,23,27)(H,24,26)/t14-/m1/s1. The number of alkyl halides is 3. The van der Waals surface area contributed by atoms with Crippen LogP contribution >= 0.6 is 0 Å². The molecule has 0 unspecified atom stereocenters. The molecule has 1 aliphatic heterocycles. The molecule has 0 aromatic heterocycles. The maximum absolute atomic E-state index is 12.3. The first-order valence-electron chi connectivity index (χ1n) is 8.08. The topological polar surface area (TPSA) is 96.5 Å². The summed E-state index contributed by atoms with van der Waals surface area (Å²) in [7, 11) is 0. The SMILES string of the molecule is O=C(C[C@H]1NC(=O)c2ccccc2NC1=O)Nc1ccc(OC(F)(F)F)cc1. The first kappa shape index (κ1) is 19.2. The number of amides is 3. The minimum absolute atomic E-state index is 0.211. The monoisotopic (exact) mass is 393 g/mol. The molecular weight excluding hydrogens is 379 g/mol. The molecule has 0 radical (unpaired) electrons. The van der Waals surface area contributed by atoms with Crippen LogP contribution in [-0.4, -0.2) is 30.1 Å². The largest absolute Gasteiger partial charge is 0.573 e. The molecular formula is C18H14F3N3O4. The molecule has 3 rings (SSSR count). The highest BCUT2D eigenvalue weighted by molar-refractivity contribution is 6.11. The molecule has 1 heterocycles. The lowest BCUT2D eigenvalue weighted by atomic mass is 10.1. The Labute approximate surface area is 156 Å². The molecule has 1 aliphatic rings. The van der Waals surface area contributed by atoms with E-state index in [4.69, 9.17) is 0 Å². The Kier molecular flexibility index (Phi) is 5.21. The number of rotatable bonds is 4. The summed E-state index contributed by atoms with van der Waals surface area (Å²) >= 11 is 0. The van der Waals surface area contributed by atoms with Crippen molar-refractivity contribution in [1.82, 2.24) is 5.32 Å². The van der Waals surface area contributed by atoms with Gasteiger partial charge < -0.3 is 20.7 Å². The van der Waals surface area contributed by atoms with E-state index in [1.54, 1.807) is 18.2 Å². The number of hydrogen-bond donors (Lipinski definition) is 3. The maximum atomic E-state index is 12.3. The van der Waals surface area contributed by atoms with Gasteiger partial charge in [0, 0.05) is 5.69 Å². The summed E-state index contributed by atoms with van der Waals surface area (Å²) in [5.41, 5.74) is 0.829. The van der Waals surface area contributed by atoms with E-state index in [0.717, 1.165) is 12.1 Å². The number of fused-ring (bicyclic) bond motifs is 1. The van der Waals surface area contributed by atoms with Crippen LogP contribution in [0.5, 0.6) is 5.75 Å². The molecule has 1 atom stereocenters. The molecule has 0 saturated carbocycles. The molecule has 3 N–H and O–H groups in total. The summed E-state index contributed by atoms with van der Waals surface area (Å²) in [6, 6.07) is 9.83. The fourth-order valence-corrected chi connectivity index (χ4v) is 2.59. The lowest BCUT2D eigenvalue weighted by Crippen LogP contribution is -2.43. The van der Waals surface area contributed by atoms with Gasteiger partial charge in [0.05, 0.1) is 17.7 Å². The molecule has 0 fully saturated rings.